The van der Waals surface area contributed by atoms with Gasteiger partial charge in [0.25, 0.3) is 5.91 Å². The van der Waals surface area contributed by atoms with E-state index in [0.29, 0.717) is 17.0 Å². The van der Waals surface area contributed by atoms with Crippen molar-refractivity contribution < 1.29 is 14.3 Å². The number of carbonyl (C=O) groups excluding carboxylic acids is 2. The third kappa shape index (κ3) is 4.16. The van der Waals surface area contributed by atoms with E-state index in [1.807, 2.05) is 6.08 Å². The molecule has 138 valence electrons. The minimum absolute atomic E-state index is 0.164. The van der Waals surface area contributed by atoms with Crippen molar-refractivity contribution in [1.29, 1.82) is 5.26 Å². The van der Waals surface area contributed by atoms with Crippen LogP contribution in [0.3, 0.4) is 0 Å². The van der Waals surface area contributed by atoms with E-state index in [2.05, 4.69) is 17.5 Å². The van der Waals surface area contributed by atoms with Crippen LogP contribution >= 0.6 is 11.3 Å². The maximum Gasteiger partial charge on any atom is 0.310 e. The Morgan fingerprint density at radius 1 is 1.31 bits per heavy atom. The Bertz CT molecular complexity index is 760. The molecule has 1 aromatic heterocycles. The van der Waals surface area contributed by atoms with Gasteiger partial charge in [-0.3, -0.25) is 9.59 Å². The molecule has 0 radical (unpaired) electrons. The number of ether oxygens (including phenoxy) is 1. The van der Waals surface area contributed by atoms with Gasteiger partial charge < -0.3 is 10.1 Å². The van der Waals surface area contributed by atoms with Gasteiger partial charge in [-0.1, -0.05) is 18.6 Å². The molecule has 26 heavy (non-hydrogen) atoms. The number of hydrogen-bond acceptors (Lipinski definition) is 5. The number of amides is 1. The number of rotatable bonds is 4. The van der Waals surface area contributed by atoms with Crippen molar-refractivity contribution in [2.45, 2.75) is 64.4 Å². The van der Waals surface area contributed by atoms with Gasteiger partial charge in [-0.25, -0.2) is 0 Å². The molecule has 6 heteroatoms. The molecular weight excluding hydrogens is 348 g/mol. The van der Waals surface area contributed by atoms with Gasteiger partial charge in [0.15, 0.2) is 6.10 Å². The topological polar surface area (TPSA) is 79.2 Å². The molecule has 2 atom stereocenters. The molecule has 0 unspecified atom stereocenters. The number of nitrogens with zero attached hydrogens (tertiary/aromatic N) is 1. The van der Waals surface area contributed by atoms with Crippen LogP contribution in [-0.2, 0) is 27.2 Å². The highest BCUT2D eigenvalue weighted by Gasteiger charge is 2.27. The van der Waals surface area contributed by atoms with E-state index in [1.165, 1.54) is 22.6 Å². The molecule has 2 aliphatic rings. The average Bonchev–Trinajstić information content (AvgIpc) is 2.81. The van der Waals surface area contributed by atoms with Gasteiger partial charge >= 0.3 is 5.97 Å². The average molecular weight is 372 g/mol. The predicted octanol–water partition coefficient (Wildman–Crippen LogP) is 4.12. The second-order valence-corrected chi connectivity index (χ2v) is 8.04. The lowest BCUT2D eigenvalue weighted by Crippen LogP contribution is -2.32. The Morgan fingerprint density at radius 3 is 2.85 bits per heavy atom. The number of anilines is 1. The standard InChI is InChI=1S/C20H24N2O3S/c1-13(25-20(24)14-8-4-2-5-9-14)18(23)22-19-16(12-21)15-10-6-3-7-11-17(15)26-19/h2,4,13-14H,3,5-11H2,1H3,(H,22,23)/t13-,14+/m0/s1. The molecule has 1 aromatic rings. The van der Waals surface area contributed by atoms with Crippen molar-refractivity contribution in [3.63, 3.8) is 0 Å². The summed E-state index contributed by atoms with van der Waals surface area (Å²) in [5.74, 6) is -0.861. The molecule has 0 saturated heterocycles. The zero-order chi connectivity index (χ0) is 18.5. The SMILES string of the molecule is C[C@H](OC(=O)[C@@H]1CC=CCC1)C(=O)Nc1sc2c(c1C#N)CCCCC2. The van der Waals surface area contributed by atoms with E-state index >= 15 is 0 Å². The van der Waals surface area contributed by atoms with E-state index in [1.54, 1.807) is 6.92 Å². The van der Waals surface area contributed by atoms with Crippen molar-refractivity contribution in [2.75, 3.05) is 5.32 Å². The van der Waals surface area contributed by atoms with Crippen molar-refractivity contribution in [2.24, 2.45) is 5.92 Å². The van der Waals surface area contributed by atoms with Gasteiger partial charge in [0.2, 0.25) is 0 Å². The molecule has 3 rings (SSSR count). The van der Waals surface area contributed by atoms with Crippen LogP contribution in [0.2, 0.25) is 0 Å². The van der Waals surface area contributed by atoms with Gasteiger partial charge in [0, 0.05) is 4.88 Å². The smallest absolute Gasteiger partial charge is 0.310 e. The Balaban J connectivity index is 1.65. The molecular formula is C20H24N2O3S. The van der Waals surface area contributed by atoms with Gasteiger partial charge in [0.05, 0.1) is 11.5 Å². The van der Waals surface area contributed by atoms with Crippen LogP contribution in [0.1, 0.15) is 61.5 Å². The van der Waals surface area contributed by atoms with Gasteiger partial charge in [-0.2, -0.15) is 5.26 Å². The normalized spacial score (nSPS) is 20.4. The molecule has 1 amide bonds. The zero-order valence-electron chi connectivity index (χ0n) is 15.0. The Labute approximate surface area is 158 Å². The van der Waals surface area contributed by atoms with Crippen molar-refractivity contribution in [3.05, 3.63) is 28.2 Å². The number of nitrogens with one attached hydrogen (secondary N) is 1. The summed E-state index contributed by atoms with van der Waals surface area (Å²) >= 11 is 1.49. The third-order valence-electron chi connectivity index (χ3n) is 5.03. The monoisotopic (exact) mass is 372 g/mol. The number of esters is 1. The number of aryl methyl sites for hydroxylation is 1. The molecule has 0 aromatic carbocycles. The fourth-order valence-electron chi connectivity index (χ4n) is 3.49. The second-order valence-electron chi connectivity index (χ2n) is 6.93. The molecule has 2 aliphatic carbocycles. The van der Waals surface area contributed by atoms with Crippen LogP contribution in [0.15, 0.2) is 12.2 Å². The van der Waals surface area contributed by atoms with Gasteiger partial charge in [-0.05, 0) is 57.4 Å². The fourth-order valence-corrected chi connectivity index (χ4v) is 4.74. The number of fused-ring (bicyclic) bond motifs is 1. The maximum absolute atomic E-state index is 12.5. The minimum Gasteiger partial charge on any atom is -0.452 e. The number of allylic oxidation sites excluding steroid dienone is 2. The van der Waals surface area contributed by atoms with E-state index in [4.69, 9.17) is 4.74 Å². The number of hydrogen-bond donors (Lipinski definition) is 1. The zero-order valence-corrected chi connectivity index (χ0v) is 15.9. The summed E-state index contributed by atoms with van der Waals surface area (Å²) in [5.41, 5.74) is 1.67. The molecule has 0 fully saturated rings. The summed E-state index contributed by atoms with van der Waals surface area (Å²) in [6.07, 6.45) is 10.7. The van der Waals surface area contributed by atoms with Crippen LogP contribution < -0.4 is 5.32 Å². The van der Waals surface area contributed by atoms with E-state index in [9.17, 15) is 14.9 Å². The largest absolute Gasteiger partial charge is 0.452 e. The first-order valence-corrected chi connectivity index (χ1v) is 10.1. The second kappa shape index (κ2) is 8.50. The third-order valence-corrected chi connectivity index (χ3v) is 6.24. The van der Waals surface area contributed by atoms with Crippen LogP contribution in [0.25, 0.3) is 0 Å². The van der Waals surface area contributed by atoms with Crippen molar-refractivity contribution in [3.8, 4) is 6.07 Å². The first kappa shape index (κ1) is 18.7. The highest BCUT2D eigenvalue weighted by atomic mass is 32.1. The van der Waals surface area contributed by atoms with Crippen LogP contribution in [0, 0.1) is 17.2 Å². The van der Waals surface area contributed by atoms with Crippen LogP contribution in [0.5, 0.6) is 0 Å². The summed E-state index contributed by atoms with van der Waals surface area (Å²) < 4.78 is 5.36. The number of carbonyl (C=O) groups is 2. The van der Waals surface area contributed by atoms with Gasteiger partial charge in [0.1, 0.15) is 11.1 Å². The Kier molecular flexibility index (Phi) is 6.10. The predicted molar refractivity (Wildman–Crippen MR) is 101 cm³/mol. The van der Waals surface area contributed by atoms with Crippen LogP contribution in [-0.4, -0.2) is 18.0 Å². The van der Waals surface area contributed by atoms with E-state index < -0.39 is 6.10 Å². The first-order valence-electron chi connectivity index (χ1n) is 9.31. The molecule has 0 spiro atoms. The van der Waals surface area contributed by atoms with E-state index in [0.717, 1.165) is 44.1 Å². The lowest BCUT2D eigenvalue weighted by molar-refractivity contribution is -0.157. The fraction of sp³-hybridized carbons (Fsp3) is 0.550. The van der Waals surface area contributed by atoms with Crippen molar-refractivity contribution >= 4 is 28.2 Å². The molecule has 1 heterocycles. The quantitative estimate of drug-likeness (QED) is 0.490. The Morgan fingerprint density at radius 2 is 2.12 bits per heavy atom. The van der Waals surface area contributed by atoms with E-state index in [-0.39, 0.29) is 17.8 Å². The summed E-state index contributed by atoms with van der Waals surface area (Å²) in [6, 6.07) is 2.25. The highest BCUT2D eigenvalue weighted by Crippen LogP contribution is 2.37. The first-order chi connectivity index (χ1) is 12.6. The Hall–Kier alpha value is -2.13. The van der Waals surface area contributed by atoms with Crippen molar-refractivity contribution in [1.82, 2.24) is 0 Å². The maximum atomic E-state index is 12.5. The van der Waals surface area contributed by atoms with Crippen LogP contribution in [0.4, 0.5) is 5.00 Å². The summed E-state index contributed by atoms with van der Waals surface area (Å²) in [7, 11) is 0. The lowest BCUT2D eigenvalue weighted by atomic mass is 9.95. The molecule has 5 nitrogen and oxygen atoms in total. The summed E-state index contributed by atoms with van der Waals surface area (Å²) in [5, 5.41) is 12.9. The molecule has 0 aliphatic heterocycles. The summed E-state index contributed by atoms with van der Waals surface area (Å²) in [4.78, 5) is 25.9. The minimum atomic E-state index is -0.873. The highest BCUT2D eigenvalue weighted by molar-refractivity contribution is 7.16. The molecule has 0 bridgehead atoms. The van der Waals surface area contributed by atoms with Gasteiger partial charge in [-0.15, -0.1) is 11.3 Å². The summed E-state index contributed by atoms with van der Waals surface area (Å²) in [6.45, 7) is 1.58. The number of nitriles is 1. The molecule has 0 saturated carbocycles. The lowest BCUT2D eigenvalue weighted by Gasteiger charge is -2.19. The number of thiophene rings is 1. The molecule has 1 N–H and O–H groups in total.